The zero-order chi connectivity index (χ0) is 19.9. The van der Waals surface area contributed by atoms with E-state index < -0.39 is 0 Å². The Morgan fingerprint density at radius 2 is 2.07 bits per heavy atom. The molecule has 7 heteroatoms. The SMILES string of the molecule is CCNC(=NCc1c(C)nn(Cc2ccccc2)c1C)N(C)CC1CCOC1.I. The molecule has 0 amide bonds. The van der Waals surface area contributed by atoms with E-state index in [1.54, 1.807) is 0 Å². The van der Waals surface area contributed by atoms with E-state index in [1.807, 2.05) is 6.07 Å². The zero-order valence-corrected chi connectivity index (χ0v) is 20.3. The minimum atomic E-state index is 0. The molecule has 1 aromatic heterocycles. The molecule has 0 saturated carbocycles. The van der Waals surface area contributed by atoms with Gasteiger partial charge in [-0.3, -0.25) is 4.68 Å². The lowest BCUT2D eigenvalue weighted by molar-refractivity contribution is 0.181. The fourth-order valence-electron chi connectivity index (χ4n) is 3.70. The molecule has 1 atom stereocenters. The number of ether oxygens (including phenoxy) is 1. The summed E-state index contributed by atoms with van der Waals surface area (Å²) in [6, 6.07) is 10.5. The lowest BCUT2D eigenvalue weighted by Crippen LogP contribution is -2.41. The summed E-state index contributed by atoms with van der Waals surface area (Å²) in [5.74, 6) is 1.54. The van der Waals surface area contributed by atoms with Gasteiger partial charge in [-0.15, -0.1) is 24.0 Å². The van der Waals surface area contributed by atoms with Crippen LogP contribution in [0.3, 0.4) is 0 Å². The monoisotopic (exact) mass is 511 g/mol. The average molecular weight is 511 g/mol. The highest BCUT2D eigenvalue weighted by Gasteiger charge is 2.19. The molecule has 160 valence electrons. The number of hydrogen-bond donors (Lipinski definition) is 1. The molecule has 0 bridgehead atoms. The quantitative estimate of drug-likeness (QED) is 0.351. The third kappa shape index (κ3) is 6.44. The highest BCUT2D eigenvalue weighted by atomic mass is 127. The number of hydrogen-bond acceptors (Lipinski definition) is 3. The van der Waals surface area contributed by atoms with Crippen molar-refractivity contribution in [3.63, 3.8) is 0 Å². The maximum absolute atomic E-state index is 5.51. The van der Waals surface area contributed by atoms with E-state index in [0.717, 1.165) is 50.9 Å². The minimum absolute atomic E-state index is 0. The van der Waals surface area contributed by atoms with Crippen LogP contribution in [-0.2, 0) is 17.8 Å². The summed E-state index contributed by atoms with van der Waals surface area (Å²) in [5.41, 5.74) is 4.71. The fourth-order valence-corrected chi connectivity index (χ4v) is 3.70. The number of benzene rings is 1. The summed E-state index contributed by atoms with van der Waals surface area (Å²) in [4.78, 5) is 7.13. The molecular formula is C22H34IN5O. The van der Waals surface area contributed by atoms with Gasteiger partial charge in [0.2, 0.25) is 0 Å². The lowest BCUT2D eigenvalue weighted by atomic mass is 10.1. The second kappa shape index (κ2) is 11.5. The zero-order valence-electron chi connectivity index (χ0n) is 18.0. The summed E-state index contributed by atoms with van der Waals surface area (Å²) in [6.45, 7) is 11.3. The highest BCUT2D eigenvalue weighted by Crippen LogP contribution is 2.17. The van der Waals surface area contributed by atoms with Gasteiger partial charge in [-0.2, -0.15) is 5.10 Å². The molecule has 2 heterocycles. The van der Waals surface area contributed by atoms with Gasteiger partial charge in [0.05, 0.1) is 25.4 Å². The molecule has 1 aromatic carbocycles. The van der Waals surface area contributed by atoms with Gasteiger partial charge in [0.25, 0.3) is 0 Å². The molecule has 0 aliphatic carbocycles. The summed E-state index contributed by atoms with van der Waals surface area (Å²) in [6.07, 6.45) is 1.13. The van der Waals surface area contributed by atoms with E-state index in [2.05, 4.69) is 67.0 Å². The van der Waals surface area contributed by atoms with Crippen LogP contribution in [0.5, 0.6) is 0 Å². The van der Waals surface area contributed by atoms with Gasteiger partial charge in [0, 0.05) is 43.9 Å². The molecule has 1 unspecified atom stereocenters. The Hall–Kier alpha value is -1.61. The van der Waals surface area contributed by atoms with Crippen molar-refractivity contribution >= 4 is 29.9 Å². The van der Waals surface area contributed by atoms with E-state index in [-0.39, 0.29) is 24.0 Å². The molecule has 3 rings (SSSR count). The van der Waals surface area contributed by atoms with E-state index in [9.17, 15) is 0 Å². The average Bonchev–Trinajstić information content (AvgIpc) is 3.28. The van der Waals surface area contributed by atoms with Crippen molar-refractivity contribution in [3.05, 3.63) is 52.8 Å². The second-order valence-corrected chi connectivity index (χ2v) is 7.57. The Balaban J connectivity index is 0.00000300. The maximum atomic E-state index is 5.51. The number of aryl methyl sites for hydroxylation is 1. The molecule has 0 spiro atoms. The van der Waals surface area contributed by atoms with Crippen molar-refractivity contribution < 1.29 is 4.74 Å². The van der Waals surface area contributed by atoms with Gasteiger partial charge < -0.3 is 15.0 Å². The summed E-state index contributed by atoms with van der Waals surface area (Å²) in [5, 5.41) is 8.17. The molecule has 1 saturated heterocycles. The van der Waals surface area contributed by atoms with Crippen LogP contribution in [0.2, 0.25) is 0 Å². The number of guanidine groups is 1. The third-order valence-electron chi connectivity index (χ3n) is 5.35. The predicted octanol–water partition coefficient (Wildman–Crippen LogP) is 3.60. The van der Waals surface area contributed by atoms with Gasteiger partial charge in [-0.05, 0) is 32.8 Å². The van der Waals surface area contributed by atoms with Crippen molar-refractivity contribution in [3.8, 4) is 0 Å². The Labute approximate surface area is 191 Å². The number of halogens is 1. The minimum Gasteiger partial charge on any atom is -0.381 e. The van der Waals surface area contributed by atoms with Gasteiger partial charge in [0.15, 0.2) is 5.96 Å². The maximum Gasteiger partial charge on any atom is 0.193 e. The van der Waals surface area contributed by atoms with Crippen molar-refractivity contribution in [2.75, 3.05) is 33.4 Å². The summed E-state index contributed by atoms with van der Waals surface area (Å²) in [7, 11) is 2.11. The fraction of sp³-hybridized carbons (Fsp3) is 0.545. The molecule has 0 radical (unpaired) electrons. The van der Waals surface area contributed by atoms with Crippen LogP contribution in [0.4, 0.5) is 0 Å². The van der Waals surface area contributed by atoms with E-state index >= 15 is 0 Å². The standard InChI is InChI=1S/C22H33N5O.HI/c1-5-23-22(26(4)14-20-11-12-28-16-20)24-13-21-17(2)25-27(18(21)3)15-19-9-7-6-8-10-19;/h6-10,20H,5,11-16H2,1-4H3,(H,23,24);1H. The normalized spacial score (nSPS) is 16.6. The smallest absolute Gasteiger partial charge is 0.193 e. The first-order chi connectivity index (χ1) is 13.6. The molecule has 1 N–H and O–H groups in total. The van der Waals surface area contributed by atoms with Crippen molar-refractivity contribution in [1.29, 1.82) is 0 Å². The summed E-state index contributed by atoms with van der Waals surface area (Å²) >= 11 is 0. The van der Waals surface area contributed by atoms with Gasteiger partial charge in [0.1, 0.15) is 0 Å². The Kier molecular flexibility index (Phi) is 9.42. The van der Waals surface area contributed by atoms with Gasteiger partial charge >= 0.3 is 0 Å². The summed E-state index contributed by atoms with van der Waals surface area (Å²) < 4.78 is 7.60. The largest absolute Gasteiger partial charge is 0.381 e. The number of rotatable bonds is 7. The van der Waals surface area contributed by atoms with E-state index in [4.69, 9.17) is 14.8 Å². The van der Waals surface area contributed by atoms with Crippen LogP contribution in [-0.4, -0.2) is 54.0 Å². The molecular weight excluding hydrogens is 477 g/mol. The lowest BCUT2D eigenvalue weighted by Gasteiger charge is -2.24. The van der Waals surface area contributed by atoms with Crippen molar-refractivity contribution in [1.82, 2.24) is 20.0 Å². The first-order valence-corrected chi connectivity index (χ1v) is 10.2. The number of aliphatic imine (C=N–C) groups is 1. The van der Waals surface area contributed by atoms with E-state index in [0.29, 0.717) is 12.5 Å². The van der Waals surface area contributed by atoms with Crippen LogP contribution in [0.1, 0.15) is 35.9 Å². The molecule has 1 aliphatic rings. The topological polar surface area (TPSA) is 54.7 Å². The number of aromatic nitrogens is 2. The van der Waals surface area contributed by atoms with E-state index in [1.165, 1.54) is 16.8 Å². The Bertz CT molecular complexity index is 784. The predicted molar refractivity (Wildman–Crippen MR) is 129 cm³/mol. The Morgan fingerprint density at radius 3 is 2.72 bits per heavy atom. The van der Waals surface area contributed by atoms with Crippen LogP contribution in [0.15, 0.2) is 35.3 Å². The van der Waals surface area contributed by atoms with Crippen LogP contribution in [0, 0.1) is 19.8 Å². The van der Waals surface area contributed by atoms with Gasteiger partial charge in [-0.1, -0.05) is 30.3 Å². The van der Waals surface area contributed by atoms with Crippen LogP contribution in [0.25, 0.3) is 0 Å². The number of nitrogens with one attached hydrogen (secondary N) is 1. The highest BCUT2D eigenvalue weighted by molar-refractivity contribution is 14.0. The molecule has 2 aromatic rings. The first-order valence-electron chi connectivity index (χ1n) is 10.2. The molecule has 29 heavy (non-hydrogen) atoms. The van der Waals surface area contributed by atoms with Crippen LogP contribution >= 0.6 is 24.0 Å². The van der Waals surface area contributed by atoms with Crippen molar-refractivity contribution in [2.24, 2.45) is 10.9 Å². The van der Waals surface area contributed by atoms with Crippen molar-refractivity contribution in [2.45, 2.75) is 40.3 Å². The third-order valence-corrected chi connectivity index (χ3v) is 5.35. The first kappa shape index (κ1) is 23.7. The Morgan fingerprint density at radius 1 is 1.31 bits per heavy atom. The number of nitrogens with zero attached hydrogens (tertiary/aromatic N) is 4. The molecule has 1 fully saturated rings. The van der Waals surface area contributed by atoms with Crippen LogP contribution < -0.4 is 5.32 Å². The molecule has 1 aliphatic heterocycles. The van der Waals surface area contributed by atoms with Gasteiger partial charge in [-0.25, -0.2) is 4.99 Å². The molecule has 6 nitrogen and oxygen atoms in total. The second-order valence-electron chi connectivity index (χ2n) is 7.57.